The fraction of sp³-hybridized carbons (Fsp3) is 0.583. The van der Waals surface area contributed by atoms with Crippen LogP contribution in [-0.4, -0.2) is 67.2 Å². The molecule has 1 amide bonds. The van der Waals surface area contributed by atoms with Crippen molar-refractivity contribution in [3.8, 4) is 11.5 Å². The smallest absolute Gasteiger partial charge is 0.341 e. The van der Waals surface area contributed by atoms with Crippen molar-refractivity contribution in [1.82, 2.24) is 0 Å². The van der Waals surface area contributed by atoms with Crippen molar-refractivity contribution in [2.75, 3.05) is 26.3 Å². The van der Waals surface area contributed by atoms with Crippen molar-refractivity contribution >= 4 is 17.6 Å². The zero-order chi connectivity index (χ0) is 25.5. The van der Waals surface area contributed by atoms with Gasteiger partial charge in [0.1, 0.15) is 17.1 Å². The molecule has 1 aromatic carbocycles. The number of aromatic carboxylic acids is 1. The molecular weight excluding hydrogens is 446 g/mol. The number of ether oxygens (including phenoxy) is 5. The molecule has 0 bridgehead atoms. The highest BCUT2D eigenvalue weighted by Crippen LogP contribution is 2.36. The van der Waals surface area contributed by atoms with Gasteiger partial charge in [-0.2, -0.15) is 0 Å². The maximum absolute atomic E-state index is 13.0. The van der Waals surface area contributed by atoms with Gasteiger partial charge >= 0.3 is 5.97 Å². The van der Waals surface area contributed by atoms with Gasteiger partial charge in [0.2, 0.25) is 5.91 Å². The number of methoxy groups -OCH3 is 2. The van der Waals surface area contributed by atoms with Crippen molar-refractivity contribution in [2.24, 2.45) is 5.92 Å². The summed E-state index contributed by atoms with van der Waals surface area (Å²) in [6, 6.07) is 2.82. The number of carbonyl (C=O) groups excluding carboxylic acids is 1. The molecule has 0 spiro atoms. The Morgan fingerprint density at radius 1 is 1.24 bits per heavy atom. The van der Waals surface area contributed by atoms with Gasteiger partial charge in [-0.1, -0.05) is 19.1 Å². The summed E-state index contributed by atoms with van der Waals surface area (Å²) < 4.78 is 27.5. The molecule has 1 saturated heterocycles. The van der Waals surface area contributed by atoms with Crippen molar-refractivity contribution < 1.29 is 43.5 Å². The van der Waals surface area contributed by atoms with E-state index in [9.17, 15) is 19.8 Å². The van der Waals surface area contributed by atoms with E-state index in [1.54, 1.807) is 20.8 Å². The molecule has 190 valence electrons. The van der Waals surface area contributed by atoms with Crippen LogP contribution in [-0.2, 0) is 19.0 Å². The number of nitrogens with one attached hydrogen (secondary N) is 1. The molecule has 1 heterocycles. The third-order valence-electron chi connectivity index (χ3n) is 5.17. The highest BCUT2D eigenvalue weighted by atomic mass is 16.8. The standard InChI is InChI=1S/C24H35NO9/c1-14(8-7-9-15(2)26)22-19(33-24(3,4)34-22)12-20(27)25-17-10-16(31-6)11-18(32-13-30-5)21(17)23(28)29/h7-8,10-11,14-15,19,22,26H,9,12-13H2,1-6H3,(H,25,27)(H,28,29)/t14?,15-,19+,22-/m1/s1. The average Bonchev–Trinajstić information content (AvgIpc) is 3.04. The summed E-state index contributed by atoms with van der Waals surface area (Å²) >= 11 is 0. The SMILES string of the molecule is COCOc1cc(OC)cc(NC(=O)C[C@@H]2OC(C)(C)O[C@@H]2C(C)C=CC[C@@H](C)O)c1C(=O)O. The molecule has 1 aliphatic heterocycles. The van der Waals surface area contributed by atoms with E-state index in [1.807, 2.05) is 19.1 Å². The highest BCUT2D eigenvalue weighted by molar-refractivity contribution is 6.03. The van der Waals surface area contributed by atoms with Gasteiger partial charge in [-0.3, -0.25) is 4.79 Å². The van der Waals surface area contributed by atoms with Crippen molar-refractivity contribution in [2.45, 2.75) is 64.6 Å². The number of rotatable bonds is 12. The van der Waals surface area contributed by atoms with Crippen LogP contribution in [0.4, 0.5) is 5.69 Å². The Hall–Kier alpha value is -2.66. The van der Waals surface area contributed by atoms with E-state index in [2.05, 4.69) is 5.32 Å². The summed E-state index contributed by atoms with van der Waals surface area (Å²) in [6.07, 6.45) is 2.82. The van der Waals surface area contributed by atoms with Crippen LogP contribution in [0.2, 0.25) is 0 Å². The predicted molar refractivity (Wildman–Crippen MR) is 124 cm³/mol. The van der Waals surface area contributed by atoms with E-state index in [4.69, 9.17) is 23.7 Å². The molecule has 1 aliphatic rings. The van der Waals surface area contributed by atoms with Crippen LogP contribution in [0.3, 0.4) is 0 Å². The second kappa shape index (κ2) is 12.2. The van der Waals surface area contributed by atoms with Gasteiger partial charge in [0, 0.05) is 25.2 Å². The van der Waals surface area contributed by atoms with E-state index in [0.717, 1.165) is 0 Å². The Bertz CT molecular complexity index is 881. The predicted octanol–water partition coefficient (Wildman–Crippen LogP) is 3.19. The first-order valence-corrected chi connectivity index (χ1v) is 11.0. The van der Waals surface area contributed by atoms with E-state index in [0.29, 0.717) is 12.2 Å². The fourth-order valence-corrected chi connectivity index (χ4v) is 3.71. The van der Waals surface area contributed by atoms with Gasteiger partial charge in [-0.25, -0.2) is 4.79 Å². The van der Waals surface area contributed by atoms with Gasteiger partial charge in [0.25, 0.3) is 0 Å². The molecule has 0 saturated carbocycles. The molecule has 1 unspecified atom stereocenters. The van der Waals surface area contributed by atoms with Gasteiger partial charge in [-0.15, -0.1) is 0 Å². The number of aliphatic hydroxyl groups excluding tert-OH is 1. The average molecular weight is 482 g/mol. The molecule has 2 rings (SSSR count). The molecule has 0 aliphatic carbocycles. The highest BCUT2D eigenvalue weighted by Gasteiger charge is 2.44. The number of anilines is 1. The molecule has 0 radical (unpaired) electrons. The number of carbonyl (C=O) groups is 2. The van der Waals surface area contributed by atoms with Crippen molar-refractivity contribution in [3.05, 3.63) is 29.8 Å². The molecular formula is C24H35NO9. The Kier molecular flexibility index (Phi) is 9.87. The van der Waals surface area contributed by atoms with Crippen molar-refractivity contribution in [3.63, 3.8) is 0 Å². The molecule has 0 aromatic heterocycles. The topological polar surface area (TPSA) is 133 Å². The van der Waals surface area contributed by atoms with E-state index >= 15 is 0 Å². The lowest BCUT2D eigenvalue weighted by Gasteiger charge is -2.21. The lowest BCUT2D eigenvalue weighted by atomic mass is 9.96. The van der Waals surface area contributed by atoms with E-state index in [1.165, 1.54) is 26.4 Å². The molecule has 1 fully saturated rings. The molecule has 4 atom stereocenters. The zero-order valence-electron chi connectivity index (χ0n) is 20.5. The first kappa shape index (κ1) is 27.6. The van der Waals surface area contributed by atoms with Gasteiger partial charge in [0.05, 0.1) is 37.5 Å². The summed E-state index contributed by atoms with van der Waals surface area (Å²) in [6.45, 7) is 7.02. The van der Waals surface area contributed by atoms with Gasteiger partial charge < -0.3 is 39.2 Å². The number of carboxylic acid groups (broad SMARTS) is 1. The normalized spacial score (nSPS) is 21.3. The Morgan fingerprint density at radius 3 is 2.53 bits per heavy atom. The Balaban J connectivity index is 2.22. The zero-order valence-corrected chi connectivity index (χ0v) is 20.5. The van der Waals surface area contributed by atoms with Crippen LogP contribution in [0.5, 0.6) is 11.5 Å². The minimum atomic E-state index is -1.28. The minimum absolute atomic E-state index is 0.000306. The summed E-state index contributed by atoms with van der Waals surface area (Å²) in [5, 5.41) is 21.8. The van der Waals surface area contributed by atoms with Crippen LogP contribution in [0.1, 0.15) is 50.9 Å². The fourth-order valence-electron chi connectivity index (χ4n) is 3.71. The lowest BCUT2D eigenvalue weighted by Crippen LogP contribution is -2.32. The number of hydrogen-bond donors (Lipinski definition) is 3. The third kappa shape index (κ3) is 7.69. The first-order chi connectivity index (χ1) is 16.0. The molecule has 10 nitrogen and oxygen atoms in total. The molecule has 10 heteroatoms. The number of carboxylic acids is 1. The second-order valence-corrected chi connectivity index (χ2v) is 8.67. The van der Waals surface area contributed by atoms with Crippen LogP contribution in [0, 0.1) is 5.92 Å². The quantitative estimate of drug-likeness (QED) is 0.304. The van der Waals surface area contributed by atoms with Crippen LogP contribution < -0.4 is 14.8 Å². The maximum atomic E-state index is 13.0. The van der Waals surface area contributed by atoms with Crippen LogP contribution >= 0.6 is 0 Å². The number of aliphatic hydroxyl groups is 1. The Labute approximate surface area is 199 Å². The van der Waals surface area contributed by atoms with Gasteiger partial charge in [-0.05, 0) is 27.2 Å². The second-order valence-electron chi connectivity index (χ2n) is 8.67. The first-order valence-electron chi connectivity index (χ1n) is 11.0. The number of amides is 1. The van der Waals surface area contributed by atoms with E-state index in [-0.39, 0.29) is 36.1 Å². The number of benzene rings is 1. The van der Waals surface area contributed by atoms with Gasteiger partial charge in [0.15, 0.2) is 12.6 Å². The summed E-state index contributed by atoms with van der Waals surface area (Å²) in [4.78, 5) is 24.9. The monoisotopic (exact) mass is 481 g/mol. The molecule has 1 aromatic rings. The van der Waals surface area contributed by atoms with Crippen LogP contribution in [0.25, 0.3) is 0 Å². The summed E-state index contributed by atoms with van der Waals surface area (Å²) in [5.74, 6) is -2.39. The largest absolute Gasteiger partial charge is 0.497 e. The Morgan fingerprint density at radius 2 is 1.94 bits per heavy atom. The maximum Gasteiger partial charge on any atom is 0.341 e. The molecule has 34 heavy (non-hydrogen) atoms. The minimum Gasteiger partial charge on any atom is -0.497 e. The third-order valence-corrected chi connectivity index (χ3v) is 5.17. The van der Waals surface area contributed by atoms with Crippen LogP contribution in [0.15, 0.2) is 24.3 Å². The van der Waals surface area contributed by atoms with E-state index < -0.39 is 36.0 Å². The lowest BCUT2D eigenvalue weighted by molar-refractivity contribution is -0.150. The number of hydrogen-bond acceptors (Lipinski definition) is 8. The van der Waals surface area contributed by atoms with Crippen molar-refractivity contribution in [1.29, 1.82) is 0 Å². The molecule has 3 N–H and O–H groups in total. The summed E-state index contributed by atoms with van der Waals surface area (Å²) in [5.41, 5.74) is -0.191. The summed E-state index contributed by atoms with van der Waals surface area (Å²) in [7, 11) is 2.83.